The van der Waals surface area contributed by atoms with Gasteiger partial charge in [0.25, 0.3) is 0 Å². The van der Waals surface area contributed by atoms with Gasteiger partial charge >= 0.3 is 5.97 Å². The van der Waals surface area contributed by atoms with Gasteiger partial charge in [-0.15, -0.1) is 0 Å². The minimum atomic E-state index is -0.941. The summed E-state index contributed by atoms with van der Waals surface area (Å²) in [4.78, 5) is 11.9. The number of hydrogen-bond donors (Lipinski definition) is 2. The Hall–Kier alpha value is -2.29. The number of hydrogen-bond acceptors (Lipinski definition) is 2. The lowest BCUT2D eigenvalue weighted by molar-refractivity contribution is 0.0697. The van der Waals surface area contributed by atoms with Gasteiger partial charge in [-0.2, -0.15) is 0 Å². The molecule has 0 aliphatic heterocycles. The van der Waals surface area contributed by atoms with Gasteiger partial charge in [0.1, 0.15) is 5.75 Å². The third-order valence-electron chi connectivity index (χ3n) is 4.15. The molecule has 0 unspecified atom stereocenters. The lowest BCUT2D eigenvalue weighted by atomic mass is 9.71. The summed E-state index contributed by atoms with van der Waals surface area (Å²) in [5.41, 5.74) is 3.69. The molecule has 2 aromatic rings. The summed E-state index contributed by atoms with van der Waals surface area (Å²) in [7, 11) is 0. The molecular weight excluding hydrogens is 300 g/mol. The predicted molar refractivity (Wildman–Crippen MR) is 97.9 cm³/mol. The van der Waals surface area contributed by atoms with Crippen LogP contribution in [0.2, 0.25) is 0 Å². The van der Waals surface area contributed by atoms with Crippen LogP contribution in [0.4, 0.5) is 0 Å². The maximum absolute atomic E-state index is 11.9. The largest absolute Gasteiger partial charge is 0.508 e. The third kappa shape index (κ3) is 3.45. The summed E-state index contributed by atoms with van der Waals surface area (Å²) in [6, 6.07) is 10.4. The number of carboxylic acids is 1. The maximum atomic E-state index is 11.9. The summed E-state index contributed by atoms with van der Waals surface area (Å²) in [6.07, 6.45) is 0. The quantitative estimate of drug-likeness (QED) is 0.782. The number of rotatable bonds is 2. The first-order chi connectivity index (χ1) is 10.9. The molecule has 0 bridgehead atoms. The van der Waals surface area contributed by atoms with E-state index in [0.29, 0.717) is 5.56 Å². The second-order valence-corrected chi connectivity index (χ2v) is 8.26. The standard InChI is InChI=1S/C21H26O3/c1-20(2,3)16-12-11-15(19(23)24)17(18(16)21(4,5)6)13-7-9-14(22)10-8-13/h7-12,22H,1-6H3,(H,23,24). The summed E-state index contributed by atoms with van der Waals surface area (Å²) in [5.74, 6) is -0.774. The van der Waals surface area contributed by atoms with Crippen LogP contribution in [0, 0.1) is 0 Å². The molecular formula is C21H26O3. The number of benzene rings is 2. The maximum Gasteiger partial charge on any atom is 0.336 e. The van der Waals surface area contributed by atoms with Crippen molar-refractivity contribution in [3.63, 3.8) is 0 Å². The van der Waals surface area contributed by atoms with E-state index in [1.54, 1.807) is 30.3 Å². The van der Waals surface area contributed by atoms with Gasteiger partial charge in [0, 0.05) is 5.56 Å². The molecule has 128 valence electrons. The van der Waals surface area contributed by atoms with Crippen molar-refractivity contribution in [2.24, 2.45) is 0 Å². The minimum Gasteiger partial charge on any atom is -0.508 e. The zero-order valence-corrected chi connectivity index (χ0v) is 15.3. The Kier molecular flexibility index (Phi) is 4.49. The van der Waals surface area contributed by atoms with Crippen molar-refractivity contribution in [3.8, 4) is 16.9 Å². The van der Waals surface area contributed by atoms with Crippen LogP contribution in [-0.2, 0) is 10.8 Å². The van der Waals surface area contributed by atoms with E-state index in [2.05, 4.69) is 41.5 Å². The molecule has 3 heteroatoms. The molecule has 0 amide bonds. The molecule has 0 aliphatic carbocycles. The molecule has 0 saturated heterocycles. The second kappa shape index (κ2) is 5.97. The Morgan fingerprint density at radius 2 is 1.38 bits per heavy atom. The number of carbonyl (C=O) groups is 1. The summed E-state index contributed by atoms with van der Waals surface area (Å²) < 4.78 is 0. The van der Waals surface area contributed by atoms with E-state index in [1.807, 2.05) is 6.07 Å². The lowest BCUT2D eigenvalue weighted by Crippen LogP contribution is -2.24. The van der Waals surface area contributed by atoms with Crippen molar-refractivity contribution in [2.75, 3.05) is 0 Å². The fourth-order valence-corrected chi connectivity index (χ4v) is 3.11. The van der Waals surface area contributed by atoms with Crippen molar-refractivity contribution in [1.82, 2.24) is 0 Å². The Morgan fingerprint density at radius 3 is 1.79 bits per heavy atom. The minimum absolute atomic E-state index is 0.106. The van der Waals surface area contributed by atoms with Crippen molar-refractivity contribution in [3.05, 3.63) is 53.1 Å². The summed E-state index contributed by atoms with van der Waals surface area (Å²) >= 11 is 0. The SMILES string of the molecule is CC(C)(C)c1ccc(C(=O)O)c(-c2ccc(O)cc2)c1C(C)(C)C. The van der Waals surface area contributed by atoms with Crippen LogP contribution in [0.25, 0.3) is 11.1 Å². The third-order valence-corrected chi connectivity index (χ3v) is 4.15. The highest BCUT2D eigenvalue weighted by Crippen LogP contribution is 2.42. The van der Waals surface area contributed by atoms with E-state index in [1.165, 1.54) is 0 Å². The first-order valence-electron chi connectivity index (χ1n) is 8.13. The van der Waals surface area contributed by atoms with Crippen LogP contribution >= 0.6 is 0 Å². The van der Waals surface area contributed by atoms with Crippen LogP contribution in [0.1, 0.15) is 63.0 Å². The molecule has 0 aromatic heterocycles. The summed E-state index contributed by atoms with van der Waals surface area (Å²) in [5, 5.41) is 19.3. The van der Waals surface area contributed by atoms with Crippen LogP contribution in [0.15, 0.2) is 36.4 Å². The Balaban J connectivity index is 2.96. The zero-order valence-electron chi connectivity index (χ0n) is 15.3. The van der Waals surface area contributed by atoms with Gasteiger partial charge < -0.3 is 10.2 Å². The fraction of sp³-hybridized carbons (Fsp3) is 0.381. The van der Waals surface area contributed by atoms with E-state index < -0.39 is 5.97 Å². The van der Waals surface area contributed by atoms with Crippen molar-refractivity contribution in [2.45, 2.75) is 52.4 Å². The van der Waals surface area contributed by atoms with Gasteiger partial charge in [-0.05, 0) is 45.7 Å². The first kappa shape index (κ1) is 18.1. The lowest BCUT2D eigenvalue weighted by Gasteiger charge is -2.33. The molecule has 0 heterocycles. The van der Waals surface area contributed by atoms with Crippen molar-refractivity contribution >= 4 is 5.97 Å². The van der Waals surface area contributed by atoms with Gasteiger partial charge in [-0.25, -0.2) is 4.79 Å². The molecule has 2 N–H and O–H groups in total. The van der Waals surface area contributed by atoms with Gasteiger partial charge in [0.05, 0.1) is 5.56 Å². The number of phenolic OH excluding ortho intramolecular Hbond substituents is 1. The average molecular weight is 326 g/mol. The number of phenols is 1. The van der Waals surface area contributed by atoms with E-state index in [-0.39, 0.29) is 16.6 Å². The second-order valence-electron chi connectivity index (χ2n) is 8.26. The van der Waals surface area contributed by atoms with Gasteiger partial charge in [-0.3, -0.25) is 0 Å². The van der Waals surface area contributed by atoms with Crippen molar-refractivity contribution in [1.29, 1.82) is 0 Å². The number of carboxylic acid groups (broad SMARTS) is 1. The Labute approximate surface area is 144 Å². The first-order valence-corrected chi connectivity index (χ1v) is 8.13. The Bertz CT molecular complexity index is 757. The molecule has 3 nitrogen and oxygen atoms in total. The van der Waals surface area contributed by atoms with E-state index >= 15 is 0 Å². The van der Waals surface area contributed by atoms with Crippen LogP contribution < -0.4 is 0 Å². The highest BCUT2D eigenvalue weighted by atomic mass is 16.4. The highest BCUT2D eigenvalue weighted by molar-refractivity contribution is 5.98. The molecule has 0 spiro atoms. The molecule has 0 aliphatic rings. The van der Waals surface area contributed by atoms with Crippen LogP contribution in [-0.4, -0.2) is 16.2 Å². The van der Waals surface area contributed by atoms with E-state index in [0.717, 1.165) is 22.3 Å². The Morgan fingerprint density at radius 1 is 0.833 bits per heavy atom. The fourth-order valence-electron chi connectivity index (χ4n) is 3.11. The topological polar surface area (TPSA) is 57.5 Å². The molecule has 0 atom stereocenters. The normalized spacial score (nSPS) is 12.2. The molecule has 0 fully saturated rings. The summed E-state index contributed by atoms with van der Waals surface area (Å²) in [6.45, 7) is 12.7. The highest BCUT2D eigenvalue weighted by Gasteiger charge is 2.31. The molecule has 0 radical (unpaired) electrons. The van der Waals surface area contributed by atoms with Crippen LogP contribution in [0.3, 0.4) is 0 Å². The monoisotopic (exact) mass is 326 g/mol. The predicted octanol–water partition coefficient (Wildman–Crippen LogP) is 5.35. The molecule has 0 saturated carbocycles. The molecule has 2 aromatic carbocycles. The average Bonchev–Trinajstić information content (AvgIpc) is 2.44. The van der Waals surface area contributed by atoms with E-state index in [9.17, 15) is 15.0 Å². The van der Waals surface area contributed by atoms with Gasteiger partial charge in [0.15, 0.2) is 0 Å². The molecule has 2 rings (SSSR count). The van der Waals surface area contributed by atoms with E-state index in [4.69, 9.17) is 0 Å². The van der Waals surface area contributed by atoms with Gasteiger partial charge in [-0.1, -0.05) is 59.7 Å². The molecule has 24 heavy (non-hydrogen) atoms. The number of aromatic carboxylic acids is 1. The number of aromatic hydroxyl groups is 1. The zero-order chi connectivity index (χ0) is 18.3. The van der Waals surface area contributed by atoms with Crippen molar-refractivity contribution < 1.29 is 15.0 Å². The van der Waals surface area contributed by atoms with Crippen LogP contribution in [0.5, 0.6) is 5.75 Å². The van der Waals surface area contributed by atoms with Gasteiger partial charge in [0.2, 0.25) is 0 Å². The smallest absolute Gasteiger partial charge is 0.336 e.